The van der Waals surface area contributed by atoms with Crippen molar-refractivity contribution < 1.29 is 42.2 Å². The summed E-state index contributed by atoms with van der Waals surface area (Å²) in [6, 6.07) is 0. The first kappa shape index (κ1) is 25.7. The third kappa shape index (κ3) is 9.93. The zero-order valence-corrected chi connectivity index (χ0v) is 17.6. The predicted molar refractivity (Wildman–Crippen MR) is 100 cm³/mol. The molecule has 0 saturated carbocycles. The van der Waals surface area contributed by atoms with Crippen molar-refractivity contribution in [2.75, 3.05) is 0 Å². The average molecular weight is 429 g/mol. The molecule has 9 nitrogen and oxygen atoms in total. The third-order valence-electron chi connectivity index (χ3n) is 4.87. The van der Waals surface area contributed by atoms with E-state index in [1.54, 1.807) is 0 Å². The lowest BCUT2D eigenvalue weighted by Crippen LogP contribution is -2.56. The fourth-order valence-corrected chi connectivity index (χ4v) is 3.48. The van der Waals surface area contributed by atoms with Crippen LogP contribution in [-0.4, -0.2) is 35.5 Å². The van der Waals surface area contributed by atoms with E-state index in [0.717, 1.165) is 19.3 Å². The number of hydrogen-bond donors (Lipinski definition) is 3. The molecule has 1 aliphatic heterocycles. The Kier molecular flexibility index (Phi) is 12.0. The molecular weight excluding hydrogens is 392 g/mol. The Morgan fingerprint density at radius 1 is 0.643 bits per heavy atom. The molecule has 1 rings (SSSR count). The van der Waals surface area contributed by atoms with Gasteiger partial charge in [-0.3, -0.25) is 0 Å². The van der Waals surface area contributed by atoms with E-state index in [1.165, 1.54) is 57.8 Å². The summed E-state index contributed by atoms with van der Waals surface area (Å²) in [4.78, 5) is 8.17. The van der Waals surface area contributed by atoms with Crippen molar-refractivity contribution in [2.45, 2.75) is 115 Å². The first-order valence-electron chi connectivity index (χ1n) is 10.4. The van der Waals surface area contributed by atoms with E-state index in [2.05, 4.69) is 25.4 Å². The molecule has 0 aromatic heterocycles. The maximum Gasteiger partial charge on any atom is 0.453 e. The lowest BCUT2D eigenvalue weighted by molar-refractivity contribution is -0.546. The van der Waals surface area contributed by atoms with Gasteiger partial charge in [0.1, 0.15) is 0 Å². The standard InChI is InChI=1S/C18H36O9S/c1-2-3-4-5-6-7-8-9-10-11-12-13-14-15-16-17(19)18(20,21)25-27-28(22,23)26-24-17/h19-21H,2-16H2,1H3. The first-order chi connectivity index (χ1) is 13.2. The van der Waals surface area contributed by atoms with Crippen LogP contribution in [0.25, 0.3) is 0 Å². The minimum atomic E-state index is -4.74. The van der Waals surface area contributed by atoms with Gasteiger partial charge in [0, 0.05) is 6.42 Å². The molecule has 1 unspecified atom stereocenters. The molecule has 168 valence electrons. The summed E-state index contributed by atoms with van der Waals surface area (Å²) in [7, 11) is -4.74. The molecule has 1 fully saturated rings. The molecule has 1 aliphatic rings. The van der Waals surface area contributed by atoms with E-state index in [-0.39, 0.29) is 6.42 Å². The second-order valence-corrected chi connectivity index (χ2v) is 8.54. The molecule has 0 aromatic rings. The van der Waals surface area contributed by atoms with E-state index in [1.807, 2.05) is 0 Å². The molecular formula is C18H36O9S. The van der Waals surface area contributed by atoms with Crippen molar-refractivity contribution in [1.82, 2.24) is 0 Å². The Morgan fingerprint density at radius 3 is 1.50 bits per heavy atom. The van der Waals surface area contributed by atoms with Crippen LogP contribution in [0.5, 0.6) is 0 Å². The monoisotopic (exact) mass is 428 g/mol. The maximum absolute atomic E-state index is 11.0. The van der Waals surface area contributed by atoms with Gasteiger partial charge < -0.3 is 15.3 Å². The van der Waals surface area contributed by atoms with Gasteiger partial charge in [0.05, 0.1) is 0 Å². The van der Waals surface area contributed by atoms with Crippen molar-refractivity contribution >= 4 is 10.4 Å². The van der Waals surface area contributed by atoms with Gasteiger partial charge in [-0.1, -0.05) is 99.1 Å². The van der Waals surface area contributed by atoms with E-state index < -0.39 is 22.2 Å². The fourth-order valence-electron chi connectivity index (χ4n) is 3.08. The zero-order chi connectivity index (χ0) is 20.9. The highest BCUT2D eigenvalue weighted by molar-refractivity contribution is 7.81. The van der Waals surface area contributed by atoms with Gasteiger partial charge in [-0.25, -0.2) is 0 Å². The molecule has 1 saturated heterocycles. The minimum absolute atomic E-state index is 0.309. The van der Waals surface area contributed by atoms with Gasteiger partial charge in [0.25, 0.3) is 5.79 Å². The molecule has 0 amide bonds. The Labute approximate surface area is 168 Å². The van der Waals surface area contributed by atoms with Gasteiger partial charge in [0.15, 0.2) is 0 Å². The van der Waals surface area contributed by atoms with Crippen LogP contribution >= 0.6 is 0 Å². The Hall–Kier alpha value is -0.330. The summed E-state index contributed by atoms with van der Waals surface area (Å²) in [6.07, 6.45) is 15.6. The van der Waals surface area contributed by atoms with Crippen LogP contribution in [0, 0.1) is 0 Å². The lowest BCUT2D eigenvalue weighted by Gasteiger charge is -2.31. The Bertz CT molecular complexity index is 509. The molecule has 1 atom stereocenters. The predicted octanol–water partition coefficient (Wildman–Crippen LogP) is 3.34. The molecule has 0 bridgehead atoms. The molecule has 0 spiro atoms. The van der Waals surface area contributed by atoms with E-state index in [4.69, 9.17) is 0 Å². The smallest absolute Gasteiger partial charge is 0.357 e. The van der Waals surface area contributed by atoms with E-state index in [0.29, 0.717) is 12.8 Å². The van der Waals surface area contributed by atoms with Crippen molar-refractivity contribution in [3.8, 4) is 0 Å². The molecule has 10 heteroatoms. The average Bonchev–Trinajstić information content (AvgIpc) is 2.72. The van der Waals surface area contributed by atoms with Gasteiger partial charge >= 0.3 is 16.4 Å². The van der Waals surface area contributed by atoms with Crippen molar-refractivity contribution in [2.24, 2.45) is 0 Å². The van der Waals surface area contributed by atoms with Crippen LogP contribution in [-0.2, 0) is 28.8 Å². The van der Waals surface area contributed by atoms with Crippen LogP contribution < -0.4 is 0 Å². The summed E-state index contributed by atoms with van der Waals surface area (Å²) < 4.78 is 29.6. The first-order valence-corrected chi connectivity index (χ1v) is 11.7. The fraction of sp³-hybridized carbons (Fsp3) is 1.00. The molecule has 3 N–H and O–H groups in total. The van der Waals surface area contributed by atoms with Gasteiger partial charge in [-0.15, -0.1) is 4.89 Å². The van der Waals surface area contributed by atoms with E-state index >= 15 is 0 Å². The quantitative estimate of drug-likeness (QED) is 0.204. The number of unbranched alkanes of at least 4 members (excludes halogenated alkanes) is 13. The molecule has 0 aliphatic carbocycles. The Morgan fingerprint density at radius 2 is 1.04 bits per heavy atom. The zero-order valence-electron chi connectivity index (χ0n) is 16.8. The lowest BCUT2D eigenvalue weighted by atomic mass is 10.0. The highest BCUT2D eigenvalue weighted by atomic mass is 32.3. The summed E-state index contributed by atoms with van der Waals surface area (Å²) in [6.45, 7) is 2.23. The van der Waals surface area contributed by atoms with E-state index in [9.17, 15) is 23.7 Å². The van der Waals surface area contributed by atoms with Crippen LogP contribution in [0.3, 0.4) is 0 Å². The Balaban J connectivity index is 2.04. The van der Waals surface area contributed by atoms with Crippen LogP contribution in [0.4, 0.5) is 0 Å². The normalized spacial score (nSPS) is 24.1. The summed E-state index contributed by atoms with van der Waals surface area (Å²) in [5.41, 5.74) is 0. The molecule has 0 aromatic carbocycles. The topological polar surface area (TPSA) is 132 Å². The third-order valence-corrected chi connectivity index (χ3v) is 5.34. The largest absolute Gasteiger partial charge is 0.453 e. The summed E-state index contributed by atoms with van der Waals surface area (Å²) in [5.74, 6) is -6.17. The van der Waals surface area contributed by atoms with Crippen molar-refractivity contribution in [3.63, 3.8) is 0 Å². The minimum Gasteiger partial charge on any atom is -0.357 e. The van der Waals surface area contributed by atoms with Crippen molar-refractivity contribution in [1.29, 1.82) is 0 Å². The van der Waals surface area contributed by atoms with Crippen LogP contribution in [0.2, 0.25) is 0 Å². The highest BCUT2D eigenvalue weighted by Gasteiger charge is 2.57. The number of aliphatic hydroxyl groups is 3. The maximum atomic E-state index is 11.0. The van der Waals surface area contributed by atoms with Gasteiger partial charge in [-0.05, 0) is 6.42 Å². The SMILES string of the molecule is CCCCCCCCCCCCCCCCC1(O)OOS(=O)(=O)OOC1(O)O. The second-order valence-electron chi connectivity index (χ2n) is 7.45. The molecule has 0 radical (unpaired) electrons. The van der Waals surface area contributed by atoms with Gasteiger partial charge in [0.2, 0.25) is 0 Å². The summed E-state index contributed by atoms with van der Waals surface area (Å²) in [5, 5.41) is 29.3. The number of rotatable bonds is 15. The molecule has 1 heterocycles. The van der Waals surface area contributed by atoms with Gasteiger partial charge in [-0.2, -0.15) is 13.3 Å². The second kappa shape index (κ2) is 13.1. The van der Waals surface area contributed by atoms with Crippen LogP contribution in [0.15, 0.2) is 0 Å². The summed E-state index contributed by atoms with van der Waals surface area (Å²) >= 11 is 0. The number of hydrogen-bond acceptors (Lipinski definition) is 9. The molecule has 28 heavy (non-hydrogen) atoms. The van der Waals surface area contributed by atoms with Crippen molar-refractivity contribution in [3.05, 3.63) is 0 Å². The van der Waals surface area contributed by atoms with Crippen LogP contribution in [0.1, 0.15) is 103 Å². The highest BCUT2D eigenvalue weighted by Crippen LogP contribution is 2.33.